The van der Waals surface area contributed by atoms with Gasteiger partial charge < -0.3 is 10.4 Å². The molecule has 100 valence electrons. The van der Waals surface area contributed by atoms with Gasteiger partial charge in [-0.15, -0.1) is 0 Å². The Morgan fingerprint density at radius 2 is 2.00 bits per heavy atom. The first-order valence-corrected chi connectivity index (χ1v) is 6.80. The van der Waals surface area contributed by atoms with E-state index in [4.69, 9.17) is 11.6 Å². The molecule has 1 fully saturated rings. The second kappa shape index (κ2) is 5.45. The van der Waals surface area contributed by atoms with E-state index in [2.05, 4.69) is 5.32 Å². The monoisotopic (exact) mass is 271 g/mol. The summed E-state index contributed by atoms with van der Waals surface area (Å²) in [6.45, 7) is 2.17. The van der Waals surface area contributed by atoms with E-state index in [1.165, 1.54) is 12.5 Å². The van der Waals surface area contributed by atoms with Gasteiger partial charge in [-0.3, -0.25) is 0 Å². The van der Waals surface area contributed by atoms with E-state index in [1.54, 1.807) is 13.0 Å². The molecule has 0 spiro atoms. The lowest BCUT2D eigenvalue weighted by molar-refractivity contribution is 0.0167. The second-order valence-corrected chi connectivity index (χ2v) is 5.63. The molecule has 1 aliphatic carbocycles. The molecule has 0 amide bonds. The third-order valence-corrected chi connectivity index (χ3v) is 3.95. The first kappa shape index (κ1) is 13.6. The Kier molecular flexibility index (Phi) is 4.13. The van der Waals surface area contributed by atoms with Crippen molar-refractivity contribution in [2.45, 2.75) is 44.6 Å². The van der Waals surface area contributed by atoms with Crippen molar-refractivity contribution in [1.82, 2.24) is 0 Å². The van der Waals surface area contributed by atoms with Crippen LogP contribution in [0.4, 0.5) is 10.1 Å². The molecular weight excluding hydrogens is 253 g/mol. The van der Waals surface area contributed by atoms with Crippen molar-refractivity contribution in [2.24, 2.45) is 0 Å². The van der Waals surface area contributed by atoms with E-state index in [9.17, 15) is 9.50 Å². The molecule has 1 aliphatic rings. The Bertz CT molecular complexity index is 430. The van der Waals surface area contributed by atoms with Crippen LogP contribution in [0.15, 0.2) is 12.1 Å². The Morgan fingerprint density at radius 1 is 1.33 bits per heavy atom. The maximum atomic E-state index is 13.3. The number of nitrogens with one attached hydrogen (secondary N) is 1. The van der Waals surface area contributed by atoms with Crippen molar-refractivity contribution in [3.63, 3.8) is 0 Å². The number of rotatable bonds is 3. The van der Waals surface area contributed by atoms with E-state index in [1.807, 2.05) is 0 Å². The number of anilines is 1. The summed E-state index contributed by atoms with van der Waals surface area (Å²) in [5.74, 6) is -0.304. The number of aliphatic hydroxyl groups is 1. The van der Waals surface area contributed by atoms with Gasteiger partial charge in [0.1, 0.15) is 5.82 Å². The van der Waals surface area contributed by atoms with Crippen LogP contribution in [0.3, 0.4) is 0 Å². The molecule has 0 saturated heterocycles. The Morgan fingerprint density at radius 3 is 2.67 bits per heavy atom. The molecule has 2 N–H and O–H groups in total. The smallest absolute Gasteiger partial charge is 0.127 e. The predicted octanol–water partition coefficient (Wildman–Crippen LogP) is 3.89. The molecule has 2 rings (SSSR count). The normalized spacial score (nSPS) is 18.7. The standard InChI is InChI=1S/C14H19ClFNO/c1-10-7-13(11(15)8-12(10)16)17-9-14(18)5-3-2-4-6-14/h7-8,17-18H,2-6,9H2,1H3. The molecule has 0 bridgehead atoms. The summed E-state index contributed by atoms with van der Waals surface area (Å²) in [6, 6.07) is 2.99. The maximum Gasteiger partial charge on any atom is 0.127 e. The average Bonchev–Trinajstić information content (AvgIpc) is 2.33. The van der Waals surface area contributed by atoms with Crippen molar-refractivity contribution in [2.75, 3.05) is 11.9 Å². The minimum atomic E-state index is -0.649. The summed E-state index contributed by atoms with van der Waals surface area (Å²) in [7, 11) is 0. The molecule has 1 saturated carbocycles. The van der Waals surface area contributed by atoms with E-state index in [0.717, 1.165) is 25.7 Å². The Balaban J connectivity index is 2.03. The fraction of sp³-hybridized carbons (Fsp3) is 0.571. The SMILES string of the molecule is Cc1cc(NCC2(O)CCCCC2)c(Cl)cc1F. The third-order valence-electron chi connectivity index (χ3n) is 3.64. The van der Waals surface area contributed by atoms with Gasteiger partial charge in [-0.25, -0.2) is 4.39 Å². The number of hydrogen-bond donors (Lipinski definition) is 2. The van der Waals surface area contributed by atoms with E-state index < -0.39 is 5.60 Å². The summed E-state index contributed by atoms with van der Waals surface area (Å²) in [5.41, 5.74) is 0.594. The van der Waals surface area contributed by atoms with Gasteiger partial charge in [-0.2, -0.15) is 0 Å². The van der Waals surface area contributed by atoms with Gasteiger partial charge >= 0.3 is 0 Å². The number of halogens is 2. The Labute approximate surface area is 112 Å². The molecule has 1 aromatic carbocycles. The van der Waals surface area contributed by atoms with Crippen LogP contribution in [-0.4, -0.2) is 17.3 Å². The van der Waals surface area contributed by atoms with Crippen molar-refractivity contribution >= 4 is 17.3 Å². The summed E-state index contributed by atoms with van der Waals surface area (Å²) in [5, 5.41) is 13.9. The molecule has 0 aliphatic heterocycles. The summed E-state index contributed by atoms with van der Waals surface area (Å²) in [4.78, 5) is 0. The molecule has 2 nitrogen and oxygen atoms in total. The van der Waals surface area contributed by atoms with Crippen molar-refractivity contribution in [1.29, 1.82) is 0 Å². The molecule has 0 aromatic heterocycles. The fourth-order valence-electron chi connectivity index (χ4n) is 2.44. The van der Waals surface area contributed by atoms with Crippen LogP contribution in [0.25, 0.3) is 0 Å². The molecule has 1 aromatic rings. The van der Waals surface area contributed by atoms with Crippen LogP contribution in [0.1, 0.15) is 37.7 Å². The maximum absolute atomic E-state index is 13.3. The quantitative estimate of drug-likeness (QED) is 0.874. The number of hydrogen-bond acceptors (Lipinski definition) is 2. The summed E-state index contributed by atoms with van der Waals surface area (Å²) >= 11 is 5.98. The van der Waals surface area contributed by atoms with E-state index in [-0.39, 0.29) is 5.82 Å². The van der Waals surface area contributed by atoms with Crippen molar-refractivity contribution in [3.05, 3.63) is 28.5 Å². The zero-order valence-electron chi connectivity index (χ0n) is 10.6. The zero-order valence-corrected chi connectivity index (χ0v) is 11.4. The lowest BCUT2D eigenvalue weighted by Crippen LogP contribution is -2.38. The van der Waals surface area contributed by atoms with Gasteiger partial charge in [0.05, 0.1) is 16.3 Å². The van der Waals surface area contributed by atoms with Crippen LogP contribution in [0.2, 0.25) is 5.02 Å². The highest BCUT2D eigenvalue weighted by Gasteiger charge is 2.28. The number of benzene rings is 1. The highest BCUT2D eigenvalue weighted by molar-refractivity contribution is 6.33. The van der Waals surface area contributed by atoms with Crippen LogP contribution < -0.4 is 5.32 Å². The molecule has 18 heavy (non-hydrogen) atoms. The van der Waals surface area contributed by atoms with Gasteiger partial charge in [0, 0.05) is 6.54 Å². The first-order valence-electron chi connectivity index (χ1n) is 6.42. The fourth-order valence-corrected chi connectivity index (χ4v) is 2.66. The lowest BCUT2D eigenvalue weighted by atomic mass is 9.85. The van der Waals surface area contributed by atoms with Gasteiger partial charge in [0.25, 0.3) is 0 Å². The van der Waals surface area contributed by atoms with E-state index in [0.29, 0.717) is 22.8 Å². The van der Waals surface area contributed by atoms with Crippen molar-refractivity contribution in [3.8, 4) is 0 Å². The molecule has 0 heterocycles. The third kappa shape index (κ3) is 3.15. The minimum Gasteiger partial charge on any atom is -0.388 e. The molecule has 4 heteroatoms. The topological polar surface area (TPSA) is 32.3 Å². The van der Waals surface area contributed by atoms with Gasteiger partial charge in [0.15, 0.2) is 0 Å². The lowest BCUT2D eigenvalue weighted by Gasteiger charge is -2.32. The Hall–Kier alpha value is -0.800. The van der Waals surface area contributed by atoms with Crippen LogP contribution >= 0.6 is 11.6 Å². The highest BCUT2D eigenvalue weighted by Crippen LogP contribution is 2.30. The van der Waals surface area contributed by atoms with E-state index >= 15 is 0 Å². The molecular formula is C14H19ClFNO. The predicted molar refractivity (Wildman–Crippen MR) is 72.7 cm³/mol. The minimum absolute atomic E-state index is 0.304. The second-order valence-electron chi connectivity index (χ2n) is 5.22. The van der Waals surface area contributed by atoms with Crippen LogP contribution in [0, 0.1) is 12.7 Å². The summed E-state index contributed by atoms with van der Waals surface area (Å²) in [6.07, 6.45) is 4.96. The van der Waals surface area contributed by atoms with Gasteiger partial charge in [-0.1, -0.05) is 30.9 Å². The number of aryl methyl sites for hydroxylation is 1. The first-order chi connectivity index (χ1) is 8.50. The largest absolute Gasteiger partial charge is 0.388 e. The molecule has 0 radical (unpaired) electrons. The van der Waals surface area contributed by atoms with Gasteiger partial charge in [0.2, 0.25) is 0 Å². The van der Waals surface area contributed by atoms with Crippen LogP contribution in [0.5, 0.6) is 0 Å². The zero-order chi connectivity index (χ0) is 13.2. The average molecular weight is 272 g/mol. The summed E-state index contributed by atoms with van der Waals surface area (Å²) < 4.78 is 13.3. The van der Waals surface area contributed by atoms with Crippen molar-refractivity contribution < 1.29 is 9.50 Å². The van der Waals surface area contributed by atoms with Crippen LogP contribution in [-0.2, 0) is 0 Å². The molecule has 0 atom stereocenters. The van der Waals surface area contributed by atoms with Gasteiger partial charge in [-0.05, 0) is 37.5 Å². The highest BCUT2D eigenvalue weighted by atomic mass is 35.5. The molecule has 0 unspecified atom stereocenters.